The predicted molar refractivity (Wildman–Crippen MR) is 76.1 cm³/mol. The summed E-state index contributed by atoms with van der Waals surface area (Å²) in [4.78, 5) is 24.1. The van der Waals surface area contributed by atoms with Crippen LogP contribution in [0.5, 0.6) is 0 Å². The highest BCUT2D eigenvalue weighted by Gasteiger charge is 2.52. The summed E-state index contributed by atoms with van der Waals surface area (Å²) in [6.45, 7) is 3.85. The number of hydrogen-bond donors (Lipinski definition) is 1. The molecule has 7 heteroatoms. The molecule has 0 spiro atoms. The second-order valence-corrected chi connectivity index (χ2v) is 5.97. The topological polar surface area (TPSA) is 71.0 Å². The zero-order chi connectivity index (χ0) is 15.1. The number of hydrogen-bond acceptors (Lipinski definition) is 3. The summed E-state index contributed by atoms with van der Waals surface area (Å²) in [5.74, 6) is -0.508. The van der Waals surface area contributed by atoms with Gasteiger partial charge in [-0.15, -0.1) is 0 Å². The number of ether oxygens (including phenoxy) is 1. The van der Waals surface area contributed by atoms with Crippen molar-refractivity contribution in [3.05, 3.63) is 33.3 Å². The quantitative estimate of drug-likeness (QED) is 0.711. The largest absolute Gasteiger partial charge is 1.00 e. The first-order valence-corrected chi connectivity index (χ1v) is 7.09. The van der Waals surface area contributed by atoms with E-state index in [2.05, 4.69) is 5.73 Å². The van der Waals surface area contributed by atoms with Gasteiger partial charge < -0.3 is 22.9 Å². The lowest BCUT2D eigenvalue weighted by molar-refractivity contribution is -0.412. The minimum atomic E-state index is -0.764. The van der Waals surface area contributed by atoms with Crippen LogP contribution >= 0.6 is 23.2 Å². The second-order valence-electron chi connectivity index (χ2n) is 5.13. The normalized spacial score (nSPS) is 23.5. The third-order valence-corrected chi connectivity index (χ3v) is 4.31. The van der Waals surface area contributed by atoms with Crippen molar-refractivity contribution in [1.82, 2.24) is 0 Å². The van der Waals surface area contributed by atoms with Gasteiger partial charge in [0.1, 0.15) is 0 Å². The number of halogens is 3. The predicted octanol–water partition coefficient (Wildman–Crippen LogP) is -0.985. The molecule has 2 atom stereocenters. The molecule has 4 nitrogen and oxygen atoms in total. The van der Waals surface area contributed by atoms with E-state index in [9.17, 15) is 9.59 Å². The maximum Gasteiger partial charge on any atom is 0.306 e. The van der Waals surface area contributed by atoms with Crippen LogP contribution in [0, 0.1) is 0 Å². The van der Waals surface area contributed by atoms with Gasteiger partial charge in [0.25, 0.3) is 0 Å². The van der Waals surface area contributed by atoms with Crippen molar-refractivity contribution >= 4 is 35.0 Å². The molecule has 0 aliphatic heterocycles. The SMILES string of the molecule is CCOC(=O)CC1(C)c2c(Cl)cc(Cl)cc2C(=O)C1[NH3+].[Cl-]. The molecule has 1 aromatic rings. The summed E-state index contributed by atoms with van der Waals surface area (Å²) in [6, 6.07) is 2.58. The molecule has 2 rings (SSSR count). The first-order valence-electron chi connectivity index (χ1n) is 6.33. The van der Waals surface area contributed by atoms with E-state index < -0.39 is 11.5 Å². The van der Waals surface area contributed by atoms with Crippen LogP contribution in [0.15, 0.2) is 12.1 Å². The van der Waals surface area contributed by atoms with E-state index in [4.69, 9.17) is 27.9 Å². The number of esters is 1. The molecular formula is C14H16Cl3NO3. The van der Waals surface area contributed by atoms with Crippen molar-refractivity contribution in [3.8, 4) is 0 Å². The molecule has 2 unspecified atom stereocenters. The number of ketones is 1. The molecule has 1 aliphatic rings. The summed E-state index contributed by atoms with van der Waals surface area (Å²) in [5, 5.41) is 0.786. The fraction of sp³-hybridized carbons (Fsp3) is 0.429. The number of carbonyl (C=O) groups excluding carboxylic acids is 2. The maximum atomic E-state index is 12.3. The lowest BCUT2D eigenvalue weighted by atomic mass is 9.78. The number of quaternary nitrogens is 1. The van der Waals surface area contributed by atoms with Crippen molar-refractivity contribution in [2.75, 3.05) is 6.61 Å². The van der Waals surface area contributed by atoms with Crippen LogP contribution in [0.25, 0.3) is 0 Å². The van der Waals surface area contributed by atoms with Crippen LogP contribution < -0.4 is 18.1 Å². The van der Waals surface area contributed by atoms with E-state index in [1.54, 1.807) is 19.1 Å². The molecule has 0 bridgehead atoms. The molecule has 3 N–H and O–H groups in total. The fourth-order valence-electron chi connectivity index (χ4n) is 2.72. The summed E-state index contributed by atoms with van der Waals surface area (Å²) in [7, 11) is 0. The van der Waals surface area contributed by atoms with Crippen molar-refractivity contribution in [3.63, 3.8) is 0 Å². The second kappa shape index (κ2) is 6.53. The average molecular weight is 353 g/mol. The first-order chi connectivity index (χ1) is 9.31. The molecule has 1 aliphatic carbocycles. The van der Waals surface area contributed by atoms with Gasteiger partial charge in [0.15, 0.2) is 6.04 Å². The molecule has 0 saturated carbocycles. The standard InChI is InChI=1S/C14H15Cl2NO3.ClH/c1-3-20-10(18)6-14(2)11-8(12(19)13(14)17)4-7(15)5-9(11)16;/h4-5,13H,3,6,17H2,1-2H3;1H. The smallest absolute Gasteiger partial charge is 0.306 e. The van der Waals surface area contributed by atoms with E-state index in [-0.39, 0.29) is 30.6 Å². The number of benzene rings is 1. The molecule has 0 amide bonds. The Kier molecular flexibility index (Phi) is 5.67. The van der Waals surface area contributed by atoms with Gasteiger partial charge in [0.2, 0.25) is 5.78 Å². The molecule has 116 valence electrons. The van der Waals surface area contributed by atoms with Crippen LogP contribution in [0.2, 0.25) is 10.0 Å². The van der Waals surface area contributed by atoms with E-state index in [1.807, 2.05) is 6.92 Å². The Bertz CT molecular complexity index is 591. The monoisotopic (exact) mass is 351 g/mol. The molecular weight excluding hydrogens is 337 g/mol. The molecule has 0 aromatic heterocycles. The Labute approximate surface area is 139 Å². The fourth-order valence-corrected chi connectivity index (χ4v) is 3.43. The first kappa shape index (κ1) is 18.2. The molecule has 0 heterocycles. The minimum Gasteiger partial charge on any atom is -1.00 e. The summed E-state index contributed by atoms with van der Waals surface area (Å²) in [6.07, 6.45) is 0.0646. The summed E-state index contributed by atoms with van der Waals surface area (Å²) >= 11 is 12.2. The van der Waals surface area contributed by atoms with Crippen LogP contribution in [0.1, 0.15) is 36.2 Å². The molecule has 0 saturated heterocycles. The summed E-state index contributed by atoms with van der Waals surface area (Å²) in [5.41, 5.74) is 4.24. The van der Waals surface area contributed by atoms with E-state index >= 15 is 0 Å². The zero-order valence-electron chi connectivity index (χ0n) is 11.7. The molecule has 0 fully saturated rings. The molecule has 1 aromatic carbocycles. The highest BCUT2D eigenvalue weighted by atomic mass is 35.5. The van der Waals surface area contributed by atoms with Crippen LogP contribution in [0.3, 0.4) is 0 Å². The van der Waals surface area contributed by atoms with Gasteiger partial charge in [-0.25, -0.2) is 0 Å². The third-order valence-electron chi connectivity index (χ3n) is 3.79. The van der Waals surface area contributed by atoms with Crippen molar-refractivity contribution < 1.29 is 32.5 Å². The van der Waals surface area contributed by atoms with Crippen LogP contribution in [-0.4, -0.2) is 24.4 Å². The van der Waals surface area contributed by atoms with E-state index in [0.29, 0.717) is 27.8 Å². The van der Waals surface area contributed by atoms with Crippen LogP contribution in [0.4, 0.5) is 0 Å². The highest BCUT2D eigenvalue weighted by Crippen LogP contribution is 2.45. The molecule has 0 radical (unpaired) electrons. The third kappa shape index (κ3) is 3.04. The van der Waals surface area contributed by atoms with Crippen LogP contribution in [-0.2, 0) is 14.9 Å². The van der Waals surface area contributed by atoms with Crippen molar-refractivity contribution in [1.29, 1.82) is 0 Å². The van der Waals surface area contributed by atoms with Gasteiger partial charge in [0.05, 0.1) is 18.4 Å². The average Bonchev–Trinajstić information content (AvgIpc) is 2.52. The van der Waals surface area contributed by atoms with Crippen molar-refractivity contribution in [2.45, 2.75) is 31.7 Å². The van der Waals surface area contributed by atoms with Gasteiger partial charge in [-0.3, -0.25) is 9.59 Å². The van der Waals surface area contributed by atoms with E-state index in [0.717, 1.165) is 0 Å². The Morgan fingerprint density at radius 2 is 2.05 bits per heavy atom. The summed E-state index contributed by atoms with van der Waals surface area (Å²) < 4.78 is 4.98. The lowest BCUT2D eigenvalue weighted by Crippen LogP contribution is -3.00. The number of Topliss-reactive ketones (excluding diaryl/α,β-unsaturated/α-hetero) is 1. The highest BCUT2D eigenvalue weighted by molar-refractivity contribution is 6.36. The molecule has 21 heavy (non-hydrogen) atoms. The van der Waals surface area contributed by atoms with Gasteiger partial charge in [-0.2, -0.15) is 0 Å². The van der Waals surface area contributed by atoms with Gasteiger partial charge >= 0.3 is 5.97 Å². The Morgan fingerprint density at radius 1 is 1.43 bits per heavy atom. The Hall–Kier alpha value is -0.810. The lowest BCUT2D eigenvalue weighted by Gasteiger charge is -2.26. The van der Waals surface area contributed by atoms with E-state index in [1.165, 1.54) is 0 Å². The zero-order valence-corrected chi connectivity index (χ0v) is 14.0. The number of fused-ring (bicyclic) bond motifs is 1. The van der Waals surface area contributed by atoms with Crippen molar-refractivity contribution in [2.24, 2.45) is 0 Å². The Balaban J connectivity index is 0.00000220. The maximum absolute atomic E-state index is 12.3. The number of rotatable bonds is 3. The number of carbonyl (C=O) groups is 2. The van der Waals surface area contributed by atoms with Gasteiger partial charge in [0, 0.05) is 15.6 Å². The van der Waals surface area contributed by atoms with Gasteiger partial charge in [-0.1, -0.05) is 23.2 Å². The Morgan fingerprint density at radius 3 is 2.62 bits per heavy atom. The minimum absolute atomic E-state index is 0. The van der Waals surface area contributed by atoms with Gasteiger partial charge in [-0.05, 0) is 31.5 Å².